The number of ether oxygens (including phenoxy) is 1. The second kappa shape index (κ2) is 6.75. The SMILES string of the molecule is CNCc1cc(Br)c(C)c(S(=O)(=O)NC2CC(OC)C2)c1. The van der Waals surface area contributed by atoms with Gasteiger partial charge in [-0.15, -0.1) is 0 Å². The quantitative estimate of drug-likeness (QED) is 0.795. The number of rotatable bonds is 6. The van der Waals surface area contributed by atoms with Crippen LogP contribution in [0.15, 0.2) is 21.5 Å². The molecule has 1 aromatic carbocycles. The van der Waals surface area contributed by atoms with Crippen molar-refractivity contribution in [2.75, 3.05) is 14.2 Å². The molecule has 0 heterocycles. The minimum Gasteiger partial charge on any atom is -0.381 e. The maximum absolute atomic E-state index is 12.6. The Hall–Kier alpha value is -0.470. The Morgan fingerprint density at radius 1 is 1.38 bits per heavy atom. The van der Waals surface area contributed by atoms with Gasteiger partial charge in [-0.25, -0.2) is 13.1 Å². The van der Waals surface area contributed by atoms with Crippen LogP contribution in [0.25, 0.3) is 0 Å². The topological polar surface area (TPSA) is 67.4 Å². The Morgan fingerprint density at radius 2 is 2.05 bits per heavy atom. The minimum absolute atomic E-state index is 0.0360. The predicted octanol–water partition coefficient (Wildman–Crippen LogP) is 1.93. The molecule has 0 unspecified atom stereocenters. The number of hydrogen-bond donors (Lipinski definition) is 2. The molecule has 1 fully saturated rings. The standard InChI is InChI=1S/C14H21BrN2O3S/c1-9-13(15)4-10(8-16-2)5-14(9)21(18,19)17-11-6-12(7-11)20-3/h4-5,11-12,16-17H,6-8H2,1-3H3. The van der Waals surface area contributed by atoms with Gasteiger partial charge in [0.05, 0.1) is 11.0 Å². The van der Waals surface area contributed by atoms with Crippen LogP contribution in [0.2, 0.25) is 0 Å². The van der Waals surface area contributed by atoms with Crippen molar-refractivity contribution in [2.45, 2.75) is 43.4 Å². The Morgan fingerprint density at radius 3 is 2.62 bits per heavy atom. The molecule has 21 heavy (non-hydrogen) atoms. The smallest absolute Gasteiger partial charge is 0.241 e. The summed E-state index contributed by atoms with van der Waals surface area (Å²) < 4.78 is 33.9. The fraction of sp³-hybridized carbons (Fsp3) is 0.571. The molecule has 0 bridgehead atoms. The highest BCUT2D eigenvalue weighted by Crippen LogP contribution is 2.28. The highest BCUT2D eigenvalue weighted by atomic mass is 79.9. The molecule has 1 saturated carbocycles. The molecule has 0 aromatic heterocycles. The maximum Gasteiger partial charge on any atom is 0.241 e. The van der Waals surface area contributed by atoms with E-state index in [-0.39, 0.29) is 12.1 Å². The summed E-state index contributed by atoms with van der Waals surface area (Å²) in [6, 6.07) is 3.63. The molecular weight excluding hydrogens is 356 g/mol. The van der Waals surface area contributed by atoms with Crippen LogP contribution in [-0.4, -0.2) is 34.7 Å². The first kappa shape index (κ1) is 16.9. The Kier molecular flexibility index (Phi) is 5.43. The van der Waals surface area contributed by atoms with Gasteiger partial charge in [0.2, 0.25) is 10.0 Å². The molecule has 5 nitrogen and oxygen atoms in total. The van der Waals surface area contributed by atoms with E-state index >= 15 is 0 Å². The van der Waals surface area contributed by atoms with E-state index < -0.39 is 10.0 Å². The third kappa shape index (κ3) is 3.84. The van der Waals surface area contributed by atoms with Gasteiger partial charge in [-0.2, -0.15) is 0 Å². The van der Waals surface area contributed by atoms with Crippen molar-refractivity contribution in [3.05, 3.63) is 27.7 Å². The number of benzene rings is 1. The van der Waals surface area contributed by atoms with E-state index in [1.54, 1.807) is 20.1 Å². The lowest BCUT2D eigenvalue weighted by molar-refractivity contribution is 0.0236. The Bertz CT molecular complexity index is 613. The van der Waals surface area contributed by atoms with Gasteiger partial charge in [0.15, 0.2) is 0 Å². The molecule has 2 rings (SSSR count). The van der Waals surface area contributed by atoms with Gasteiger partial charge in [-0.05, 0) is 50.1 Å². The molecule has 0 spiro atoms. The van der Waals surface area contributed by atoms with Crippen LogP contribution < -0.4 is 10.0 Å². The number of hydrogen-bond acceptors (Lipinski definition) is 4. The fourth-order valence-electron chi connectivity index (χ4n) is 2.43. The molecule has 0 radical (unpaired) electrons. The van der Waals surface area contributed by atoms with E-state index in [0.717, 1.165) is 28.4 Å². The largest absolute Gasteiger partial charge is 0.381 e. The molecule has 7 heteroatoms. The first-order valence-electron chi connectivity index (χ1n) is 6.86. The normalized spacial score (nSPS) is 22.1. The molecule has 0 atom stereocenters. The van der Waals surface area contributed by atoms with Gasteiger partial charge in [-0.3, -0.25) is 0 Å². The lowest BCUT2D eigenvalue weighted by atomic mass is 9.90. The van der Waals surface area contributed by atoms with Gasteiger partial charge in [0, 0.05) is 24.2 Å². The van der Waals surface area contributed by atoms with E-state index in [2.05, 4.69) is 26.0 Å². The van der Waals surface area contributed by atoms with Gasteiger partial charge in [-0.1, -0.05) is 15.9 Å². The van der Waals surface area contributed by atoms with Gasteiger partial charge in [0.25, 0.3) is 0 Å². The molecule has 2 N–H and O–H groups in total. The van der Waals surface area contributed by atoms with E-state index in [9.17, 15) is 8.42 Å². The fourth-order valence-corrected chi connectivity index (χ4v) is 4.65. The molecule has 1 aliphatic carbocycles. The first-order chi connectivity index (χ1) is 9.87. The highest BCUT2D eigenvalue weighted by molar-refractivity contribution is 9.10. The summed E-state index contributed by atoms with van der Waals surface area (Å²) in [5, 5.41) is 3.03. The third-order valence-electron chi connectivity index (χ3n) is 3.78. The van der Waals surface area contributed by atoms with Gasteiger partial charge >= 0.3 is 0 Å². The summed E-state index contributed by atoms with van der Waals surface area (Å²) in [7, 11) is -0.0259. The van der Waals surface area contributed by atoms with Crippen LogP contribution in [0.1, 0.15) is 24.0 Å². The monoisotopic (exact) mass is 376 g/mol. The first-order valence-corrected chi connectivity index (χ1v) is 9.13. The zero-order chi connectivity index (χ0) is 15.6. The molecular formula is C14H21BrN2O3S. The van der Waals surface area contributed by atoms with Crippen LogP contribution in [0.4, 0.5) is 0 Å². The van der Waals surface area contributed by atoms with E-state index in [0.29, 0.717) is 11.4 Å². The van der Waals surface area contributed by atoms with Crippen LogP contribution in [-0.2, 0) is 21.3 Å². The van der Waals surface area contributed by atoms with Crippen molar-refractivity contribution in [3.8, 4) is 0 Å². The van der Waals surface area contributed by atoms with E-state index in [1.807, 2.05) is 13.1 Å². The number of methoxy groups -OCH3 is 1. The zero-order valence-electron chi connectivity index (χ0n) is 12.4. The number of sulfonamides is 1. The second-order valence-corrected chi connectivity index (χ2v) is 7.92. The molecule has 118 valence electrons. The summed E-state index contributed by atoms with van der Waals surface area (Å²) in [6.45, 7) is 2.43. The van der Waals surface area contributed by atoms with Crippen molar-refractivity contribution in [1.29, 1.82) is 0 Å². The molecule has 1 aromatic rings. The van der Waals surface area contributed by atoms with Crippen molar-refractivity contribution in [2.24, 2.45) is 0 Å². The number of halogens is 1. The van der Waals surface area contributed by atoms with Crippen molar-refractivity contribution >= 4 is 26.0 Å². The third-order valence-corrected chi connectivity index (χ3v) is 6.25. The zero-order valence-corrected chi connectivity index (χ0v) is 14.8. The summed E-state index contributed by atoms with van der Waals surface area (Å²) in [4.78, 5) is 0.336. The maximum atomic E-state index is 12.6. The van der Waals surface area contributed by atoms with Gasteiger partial charge < -0.3 is 10.1 Å². The summed E-state index contributed by atoms with van der Waals surface area (Å²) in [5.74, 6) is 0. The lowest BCUT2D eigenvalue weighted by Crippen LogP contribution is -2.47. The Labute approximate surface area is 134 Å². The summed E-state index contributed by atoms with van der Waals surface area (Å²) in [5.41, 5.74) is 1.66. The van der Waals surface area contributed by atoms with Crippen LogP contribution in [0, 0.1) is 6.92 Å². The average molecular weight is 377 g/mol. The number of nitrogens with one attached hydrogen (secondary N) is 2. The van der Waals surface area contributed by atoms with Crippen molar-refractivity contribution < 1.29 is 13.2 Å². The average Bonchev–Trinajstić information content (AvgIpc) is 2.37. The van der Waals surface area contributed by atoms with Crippen LogP contribution in [0.5, 0.6) is 0 Å². The summed E-state index contributed by atoms with van der Waals surface area (Å²) in [6.07, 6.45) is 1.62. The molecule has 1 aliphatic rings. The lowest BCUT2D eigenvalue weighted by Gasteiger charge is -2.34. The van der Waals surface area contributed by atoms with Crippen molar-refractivity contribution in [3.63, 3.8) is 0 Å². The Balaban J connectivity index is 2.23. The van der Waals surface area contributed by atoms with E-state index in [1.165, 1.54) is 0 Å². The molecule has 0 saturated heterocycles. The van der Waals surface area contributed by atoms with Crippen molar-refractivity contribution in [1.82, 2.24) is 10.0 Å². The molecule has 0 aliphatic heterocycles. The predicted molar refractivity (Wildman–Crippen MR) is 85.8 cm³/mol. The van der Waals surface area contributed by atoms with Gasteiger partial charge in [0.1, 0.15) is 0 Å². The highest BCUT2D eigenvalue weighted by Gasteiger charge is 2.33. The van der Waals surface area contributed by atoms with Crippen LogP contribution in [0.3, 0.4) is 0 Å². The minimum atomic E-state index is -3.51. The van der Waals surface area contributed by atoms with Crippen LogP contribution >= 0.6 is 15.9 Å². The molecule has 0 amide bonds. The second-order valence-electron chi connectivity index (χ2n) is 5.38. The summed E-state index contributed by atoms with van der Waals surface area (Å²) >= 11 is 3.44. The van der Waals surface area contributed by atoms with E-state index in [4.69, 9.17) is 4.74 Å².